The van der Waals surface area contributed by atoms with Crippen LogP contribution in [-0.2, 0) is 19.7 Å². The first-order chi connectivity index (χ1) is 14.7. The van der Waals surface area contributed by atoms with Gasteiger partial charge in [-0.25, -0.2) is 0 Å². The number of sulfone groups is 2. The van der Waals surface area contributed by atoms with E-state index in [9.17, 15) is 43.2 Å². The Labute approximate surface area is 177 Å². The third-order valence-electron chi connectivity index (χ3n) is 4.22. The van der Waals surface area contributed by atoms with Crippen LogP contribution in [0.2, 0.25) is 0 Å². The molecule has 32 heavy (non-hydrogen) atoms. The van der Waals surface area contributed by atoms with Crippen LogP contribution in [0.25, 0.3) is 0 Å². The van der Waals surface area contributed by atoms with Gasteiger partial charge in [0.2, 0.25) is 0 Å². The van der Waals surface area contributed by atoms with Gasteiger partial charge in [-0.3, -0.25) is 16.8 Å². The molecule has 176 valence electrons. The van der Waals surface area contributed by atoms with Crippen molar-refractivity contribution in [3.8, 4) is 0 Å². The summed E-state index contributed by atoms with van der Waals surface area (Å²) in [5.74, 6) is 0. The SMILES string of the molecule is O=S(=O)([C-](C[P+](c1ccco1)(c1ccco1)c1ccco1)S(=O)(=O)C(F)(F)F)C(F)(F)F. The maximum absolute atomic E-state index is 13.3. The Balaban J connectivity index is 2.39. The van der Waals surface area contributed by atoms with Crippen LogP contribution in [0, 0.1) is 4.58 Å². The third kappa shape index (κ3) is 3.86. The van der Waals surface area contributed by atoms with Crippen LogP contribution in [0.4, 0.5) is 26.3 Å². The van der Waals surface area contributed by atoms with Crippen LogP contribution in [0.1, 0.15) is 0 Å². The van der Waals surface area contributed by atoms with Crippen molar-refractivity contribution in [1.82, 2.24) is 0 Å². The average molecular weight is 524 g/mol. The Morgan fingerprint density at radius 2 is 1.00 bits per heavy atom. The predicted octanol–water partition coefficient (Wildman–Crippen LogP) is 3.12. The molecule has 0 radical (unpaired) electrons. The van der Waals surface area contributed by atoms with Gasteiger partial charge < -0.3 is 13.3 Å². The molecule has 0 saturated heterocycles. The lowest BCUT2D eigenvalue weighted by Crippen LogP contribution is -2.44. The Morgan fingerprint density at radius 1 is 0.688 bits per heavy atom. The van der Waals surface area contributed by atoms with Gasteiger partial charge in [-0.2, -0.15) is 26.3 Å². The zero-order valence-corrected chi connectivity index (χ0v) is 17.8. The van der Waals surface area contributed by atoms with Crippen LogP contribution >= 0.6 is 7.26 Å². The molecule has 0 saturated carbocycles. The molecule has 0 aliphatic rings. The zero-order chi connectivity index (χ0) is 24.0. The van der Waals surface area contributed by atoms with E-state index in [0.29, 0.717) is 0 Å². The van der Waals surface area contributed by atoms with Gasteiger partial charge in [-0.15, -0.1) is 0 Å². The summed E-state index contributed by atoms with van der Waals surface area (Å²) < 4.78 is 141. The number of rotatable bonds is 7. The molecule has 3 aromatic heterocycles. The summed E-state index contributed by atoms with van der Waals surface area (Å²) in [7, 11) is -18.0. The highest BCUT2D eigenvalue weighted by Gasteiger charge is 2.61. The highest BCUT2D eigenvalue weighted by Crippen LogP contribution is 2.60. The second kappa shape index (κ2) is 7.96. The van der Waals surface area contributed by atoms with Crippen LogP contribution in [0.15, 0.2) is 68.4 Å². The fourth-order valence-corrected chi connectivity index (χ4v) is 10.8. The van der Waals surface area contributed by atoms with Gasteiger partial charge in [0.1, 0.15) is 19.7 Å². The molecule has 0 bridgehead atoms. The number of hydrogen-bond donors (Lipinski definition) is 0. The molecule has 3 heterocycles. The van der Waals surface area contributed by atoms with Crippen molar-refractivity contribution < 1.29 is 56.4 Å². The lowest BCUT2D eigenvalue weighted by molar-refractivity contribution is -0.0453. The average Bonchev–Trinajstić information content (AvgIpc) is 3.43. The first kappa shape index (κ1) is 24.4. The van der Waals surface area contributed by atoms with Crippen molar-refractivity contribution in [3.63, 3.8) is 0 Å². The number of halogens is 6. The molecule has 0 N–H and O–H groups in total. The summed E-state index contributed by atoms with van der Waals surface area (Å²) in [5.41, 5.74) is -13.7. The lowest BCUT2D eigenvalue weighted by atomic mass is 10.7. The van der Waals surface area contributed by atoms with Gasteiger partial charge in [0.05, 0.1) is 18.8 Å². The van der Waals surface area contributed by atoms with E-state index in [4.69, 9.17) is 13.3 Å². The van der Waals surface area contributed by atoms with Crippen LogP contribution < -0.4 is 16.5 Å². The molecule has 0 aliphatic carbocycles. The van der Waals surface area contributed by atoms with Crippen molar-refractivity contribution in [2.75, 3.05) is 6.16 Å². The van der Waals surface area contributed by atoms with Crippen LogP contribution in [0.3, 0.4) is 0 Å². The normalized spacial score (nSPS) is 14.2. The molecule has 0 spiro atoms. The molecular formula is C16H11F6O7PS2. The minimum Gasteiger partial charge on any atom is -0.434 e. The molecule has 0 fully saturated rings. The van der Waals surface area contributed by atoms with E-state index >= 15 is 0 Å². The molecule has 0 unspecified atom stereocenters. The zero-order valence-electron chi connectivity index (χ0n) is 15.3. The minimum atomic E-state index is -6.97. The largest absolute Gasteiger partial charge is 0.469 e. The van der Waals surface area contributed by atoms with E-state index in [1.165, 1.54) is 18.2 Å². The van der Waals surface area contributed by atoms with Crippen molar-refractivity contribution in [3.05, 3.63) is 59.8 Å². The molecular weight excluding hydrogens is 513 g/mol. The van der Waals surface area contributed by atoms with Gasteiger partial charge in [0.25, 0.3) is 16.5 Å². The predicted molar refractivity (Wildman–Crippen MR) is 100 cm³/mol. The molecule has 0 aromatic carbocycles. The van der Waals surface area contributed by atoms with Crippen molar-refractivity contribution >= 4 is 43.4 Å². The minimum absolute atomic E-state index is 0.324. The molecule has 0 amide bonds. The summed E-state index contributed by atoms with van der Waals surface area (Å²) >= 11 is 0. The van der Waals surface area contributed by atoms with E-state index in [0.717, 1.165) is 37.0 Å². The van der Waals surface area contributed by atoms with E-state index in [1.54, 1.807) is 0 Å². The van der Waals surface area contributed by atoms with Crippen molar-refractivity contribution in [1.29, 1.82) is 0 Å². The Morgan fingerprint density at radius 3 is 1.22 bits per heavy atom. The topological polar surface area (TPSA) is 108 Å². The van der Waals surface area contributed by atoms with Crippen LogP contribution in [-0.4, -0.2) is 34.0 Å². The molecule has 16 heteroatoms. The highest BCUT2D eigenvalue weighted by molar-refractivity contribution is 8.14. The van der Waals surface area contributed by atoms with Crippen LogP contribution in [0.5, 0.6) is 0 Å². The van der Waals surface area contributed by atoms with Crippen molar-refractivity contribution in [2.24, 2.45) is 0 Å². The summed E-state index contributed by atoms with van der Waals surface area (Å²) in [4.78, 5) is 0. The number of furan rings is 3. The second-order valence-electron chi connectivity index (χ2n) is 6.09. The summed E-state index contributed by atoms with van der Waals surface area (Å²) in [5, 5.41) is 0. The van der Waals surface area contributed by atoms with Gasteiger partial charge in [0.15, 0.2) is 7.26 Å². The second-order valence-corrected chi connectivity index (χ2v) is 13.5. The van der Waals surface area contributed by atoms with E-state index < -0.39 is 48.7 Å². The monoisotopic (exact) mass is 524 g/mol. The number of alkyl halides is 6. The fraction of sp³-hybridized carbons (Fsp3) is 0.188. The first-order valence-electron chi connectivity index (χ1n) is 8.14. The Hall–Kier alpha value is -2.25. The van der Waals surface area contributed by atoms with E-state index in [2.05, 4.69) is 0 Å². The third-order valence-corrected chi connectivity index (χ3v) is 12.5. The lowest BCUT2D eigenvalue weighted by Gasteiger charge is -2.34. The summed E-state index contributed by atoms with van der Waals surface area (Å²) in [6.45, 7) is 0. The molecule has 0 aliphatic heterocycles. The fourth-order valence-electron chi connectivity index (χ4n) is 2.79. The van der Waals surface area contributed by atoms with E-state index in [-0.39, 0.29) is 16.5 Å². The standard InChI is InChI=1S/C16H11F6O7PS2/c17-15(18,19)31(23,24)14(32(25,26)16(20,21)22)10-30(11-4-1-7-27-11,12-5-2-8-28-12)13-6-3-9-29-13/h1-9H,10H2. The molecule has 7 nitrogen and oxygen atoms in total. The van der Waals surface area contributed by atoms with E-state index in [1.807, 2.05) is 0 Å². The maximum atomic E-state index is 13.3. The molecule has 3 aromatic rings. The highest BCUT2D eigenvalue weighted by atomic mass is 32.3. The van der Waals surface area contributed by atoms with Gasteiger partial charge in [0, 0.05) is 18.2 Å². The van der Waals surface area contributed by atoms with Crippen molar-refractivity contribution in [2.45, 2.75) is 11.0 Å². The Bertz CT molecular complexity index is 1120. The summed E-state index contributed by atoms with van der Waals surface area (Å²) in [6, 6.07) is 7.09. The van der Waals surface area contributed by atoms with Gasteiger partial charge in [-0.05, 0) is 28.9 Å². The Kier molecular flexibility index (Phi) is 6.07. The quantitative estimate of drug-likeness (QED) is 0.266. The van der Waals surface area contributed by atoms with Gasteiger partial charge in [-0.1, -0.05) is 0 Å². The summed E-state index contributed by atoms with van der Waals surface area (Å²) in [6.07, 6.45) is 1.27. The first-order valence-corrected chi connectivity index (χ1v) is 13.1. The smallest absolute Gasteiger partial charge is 0.434 e. The number of hydrogen-bond acceptors (Lipinski definition) is 7. The molecule has 3 rings (SSSR count). The maximum Gasteiger partial charge on any atom is 0.469 e. The molecule has 0 atom stereocenters. The van der Waals surface area contributed by atoms with Gasteiger partial charge >= 0.3 is 11.0 Å².